The Hall–Kier alpha value is 0.120. The van der Waals surface area contributed by atoms with E-state index >= 15 is 0 Å². The van der Waals surface area contributed by atoms with Gasteiger partial charge in [0.25, 0.3) is 0 Å². The van der Waals surface area contributed by atoms with Crippen LogP contribution in [-0.2, 0) is 12.8 Å². The molecule has 1 aromatic rings. The average Bonchev–Trinajstić information content (AvgIpc) is 2.67. The first-order chi connectivity index (χ1) is 13.0. The number of alkyl halides is 1. The number of unbranched alkanes of at least 4 members (excludes halogenated alkanes) is 1. The minimum atomic E-state index is -0.868. The van der Waals surface area contributed by atoms with Crippen LogP contribution in [-0.4, -0.2) is 35.4 Å². The number of fused-ring (bicyclic) bond motifs is 3. The number of piperidine rings is 1. The Kier molecular flexibility index (Phi) is 13.7. The molecule has 2 aliphatic rings. The second-order valence-corrected chi connectivity index (χ2v) is 9.09. The molecular formula is C24H44FNOS3. The molecule has 0 bridgehead atoms. The summed E-state index contributed by atoms with van der Waals surface area (Å²) in [5.74, 6) is 0.764. The SMILES string of the molecule is CCCCc1ccc2c(c1)[C@@H]1C[C@](O)(CCF)[C@@H](CC(C)CC)CN1CC2.S.S.S. The lowest BCUT2D eigenvalue weighted by molar-refractivity contribution is -0.111. The van der Waals surface area contributed by atoms with E-state index in [4.69, 9.17) is 0 Å². The maximum absolute atomic E-state index is 13.4. The van der Waals surface area contributed by atoms with Crippen molar-refractivity contribution < 1.29 is 9.50 Å². The molecule has 2 aliphatic heterocycles. The predicted molar refractivity (Wildman–Crippen MR) is 142 cm³/mol. The first kappa shape index (κ1) is 30.1. The molecule has 4 atom stereocenters. The highest BCUT2D eigenvalue weighted by atomic mass is 32.1. The Morgan fingerprint density at radius 3 is 2.60 bits per heavy atom. The van der Waals surface area contributed by atoms with Gasteiger partial charge in [-0.1, -0.05) is 51.8 Å². The largest absolute Gasteiger partial charge is 0.389 e. The normalized spacial score (nSPS) is 26.3. The number of hydrogen-bond acceptors (Lipinski definition) is 2. The highest BCUT2D eigenvalue weighted by molar-refractivity contribution is 7.59. The fourth-order valence-electron chi connectivity index (χ4n) is 5.16. The standard InChI is InChI=1S/C24H38FNO.3H2S/c1-4-6-7-19-8-9-20-10-13-26-17-21(14-18(3)5-2)24(27,11-12-25)16-23(26)22(20)15-19;;;/h8-9,15,18,21,23,27H,4-7,10-14,16-17H2,1-3H3;3*1H2/t18?,21-,23-,24+;;;/m0.../s1. The minimum absolute atomic E-state index is 0. The lowest BCUT2D eigenvalue weighted by atomic mass is 9.69. The monoisotopic (exact) mass is 477 g/mol. The third-order valence-corrected chi connectivity index (χ3v) is 7.17. The number of nitrogens with zero attached hydrogens (tertiary/aromatic N) is 1. The highest BCUT2D eigenvalue weighted by Crippen LogP contribution is 2.46. The van der Waals surface area contributed by atoms with Crippen LogP contribution in [0.3, 0.4) is 0 Å². The topological polar surface area (TPSA) is 23.5 Å². The third kappa shape index (κ3) is 6.81. The van der Waals surface area contributed by atoms with E-state index in [2.05, 4.69) is 43.9 Å². The molecule has 1 N–H and O–H groups in total. The van der Waals surface area contributed by atoms with Gasteiger partial charge in [0.1, 0.15) is 0 Å². The van der Waals surface area contributed by atoms with Gasteiger partial charge in [-0.15, -0.1) is 0 Å². The summed E-state index contributed by atoms with van der Waals surface area (Å²) in [5, 5.41) is 11.5. The fourth-order valence-corrected chi connectivity index (χ4v) is 5.16. The van der Waals surface area contributed by atoms with Gasteiger partial charge in [-0.2, -0.15) is 40.5 Å². The average molecular weight is 478 g/mol. The fraction of sp³-hybridized carbons (Fsp3) is 0.750. The van der Waals surface area contributed by atoms with Gasteiger partial charge in [-0.3, -0.25) is 9.29 Å². The predicted octanol–water partition coefficient (Wildman–Crippen LogP) is 5.81. The second-order valence-electron chi connectivity index (χ2n) is 9.09. The maximum atomic E-state index is 13.4. The van der Waals surface area contributed by atoms with Crippen molar-refractivity contribution in [2.75, 3.05) is 19.8 Å². The first-order valence-corrected chi connectivity index (χ1v) is 11.1. The van der Waals surface area contributed by atoms with Crippen LogP contribution >= 0.6 is 40.5 Å². The van der Waals surface area contributed by atoms with Crippen molar-refractivity contribution >= 4 is 40.5 Å². The van der Waals surface area contributed by atoms with E-state index in [1.54, 1.807) is 0 Å². The van der Waals surface area contributed by atoms with E-state index < -0.39 is 12.3 Å². The van der Waals surface area contributed by atoms with Crippen LogP contribution in [0.2, 0.25) is 0 Å². The van der Waals surface area contributed by atoms with Crippen molar-refractivity contribution in [1.82, 2.24) is 4.90 Å². The zero-order chi connectivity index (χ0) is 19.4. The molecule has 0 spiro atoms. The van der Waals surface area contributed by atoms with E-state index in [0.29, 0.717) is 12.3 Å². The van der Waals surface area contributed by atoms with E-state index in [1.807, 2.05) is 0 Å². The molecule has 30 heavy (non-hydrogen) atoms. The van der Waals surface area contributed by atoms with Crippen LogP contribution in [0.5, 0.6) is 0 Å². The van der Waals surface area contributed by atoms with Gasteiger partial charge in [0, 0.05) is 31.5 Å². The lowest BCUT2D eigenvalue weighted by Gasteiger charge is -2.52. The lowest BCUT2D eigenvalue weighted by Crippen LogP contribution is -2.55. The van der Waals surface area contributed by atoms with E-state index in [1.165, 1.54) is 29.5 Å². The number of aliphatic hydroxyl groups is 1. The van der Waals surface area contributed by atoms with Gasteiger partial charge < -0.3 is 5.11 Å². The summed E-state index contributed by atoms with van der Waals surface area (Å²) in [7, 11) is 0. The molecule has 176 valence electrons. The highest BCUT2D eigenvalue weighted by Gasteiger charge is 2.47. The Balaban J connectivity index is 0.00000280. The molecule has 1 unspecified atom stereocenters. The van der Waals surface area contributed by atoms with Crippen LogP contribution in [0.15, 0.2) is 18.2 Å². The number of hydrogen-bond donors (Lipinski definition) is 1. The quantitative estimate of drug-likeness (QED) is 0.510. The third-order valence-electron chi connectivity index (χ3n) is 7.17. The minimum Gasteiger partial charge on any atom is -0.389 e. The molecule has 2 heterocycles. The smallest absolute Gasteiger partial charge is 0.0922 e. The summed E-state index contributed by atoms with van der Waals surface area (Å²) in [6.07, 6.45) is 7.73. The van der Waals surface area contributed by atoms with Gasteiger partial charge in [-0.25, -0.2) is 0 Å². The van der Waals surface area contributed by atoms with Gasteiger partial charge in [0.2, 0.25) is 0 Å². The summed E-state index contributed by atoms with van der Waals surface area (Å²) < 4.78 is 13.4. The van der Waals surface area contributed by atoms with Crippen molar-refractivity contribution in [3.05, 3.63) is 34.9 Å². The summed E-state index contributed by atoms with van der Waals surface area (Å²) in [6.45, 7) is 8.24. The Labute approximate surface area is 204 Å². The van der Waals surface area contributed by atoms with Gasteiger partial charge in [0.05, 0.1) is 12.3 Å². The molecule has 0 saturated carbocycles. The van der Waals surface area contributed by atoms with Crippen LogP contribution in [0.1, 0.15) is 82.0 Å². The number of rotatable bonds is 8. The van der Waals surface area contributed by atoms with Crippen LogP contribution < -0.4 is 0 Å². The first-order valence-electron chi connectivity index (χ1n) is 11.1. The van der Waals surface area contributed by atoms with E-state index in [0.717, 1.165) is 38.8 Å². The van der Waals surface area contributed by atoms with Crippen LogP contribution in [0.25, 0.3) is 0 Å². The van der Waals surface area contributed by atoms with E-state index in [9.17, 15) is 9.50 Å². The zero-order valence-electron chi connectivity index (χ0n) is 19.0. The van der Waals surface area contributed by atoms with Crippen LogP contribution in [0.4, 0.5) is 4.39 Å². The molecular weight excluding hydrogens is 433 g/mol. The second kappa shape index (κ2) is 13.6. The Morgan fingerprint density at radius 2 is 1.97 bits per heavy atom. The maximum Gasteiger partial charge on any atom is 0.0922 e. The summed E-state index contributed by atoms with van der Waals surface area (Å²) in [6, 6.07) is 7.22. The molecule has 0 aromatic heterocycles. The molecule has 2 nitrogen and oxygen atoms in total. The molecule has 0 amide bonds. The molecule has 6 heteroatoms. The van der Waals surface area contributed by atoms with Crippen LogP contribution in [0, 0.1) is 11.8 Å². The Bertz CT molecular complexity index is 632. The van der Waals surface area contributed by atoms with Gasteiger partial charge >= 0.3 is 0 Å². The van der Waals surface area contributed by atoms with Crippen molar-refractivity contribution in [2.45, 2.75) is 83.8 Å². The summed E-state index contributed by atoms with van der Waals surface area (Å²) >= 11 is 0. The molecule has 1 fully saturated rings. The molecule has 1 aromatic carbocycles. The summed E-state index contributed by atoms with van der Waals surface area (Å²) in [5.41, 5.74) is 3.37. The molecule has 0 radical (unpaired) electrons. The van der Waals surface area contributed by atoms with Crippen molar-refractivity contribution in [2.24, 2.45) is 11.8 Å². The van der Waals surface area contributed by atoms with Gasteiger partial charge in [-0.05, 0) is 54.7 Å². The number of halogens is 1. The van der Waals surface area contributed by atoms with Crippen molar-refractivity contribution in [3.8, 4) is 0 Å². The number of benzene rings is 1. The summed E-state index contributed by atoms with van der Waals surface area (Å²) in [4.78, 5) is 2.58. The molecule has 3 rings (SSSR count). The van der Waals surface area contributed by atoms with Crippen molar-refractivity contribution in [3.63, 3.8) is 0 Å². The van der Waals surface area contributed by atoms with E-state index in [-0.39, 0.29) is 58.9 Å². The van der Waals surface area contributed by atoms with Crippen molar-refractivity contribution in [1.29, 1.82) is 0 Å². The number of aryl methyl sites for hydroxylation is 1. The molecule has 1 saturated heterocycles. The zero-order valence-corrected chi connectivity index (χ0v) is 22.0. The van der Waals surface area contributed by atoms with Gasteiger partial charge in [0.15, 0.2) is 0 Å². The Morgan fingerprint density at radius 1 is 1.23 bits per heavy atom. The molecule has 0 aliphatic carbocycles.